The maximum absolute atomic E-state index is 6.37. The fourth-order valence-electron chi connectivity index (χ4n) is 3.80. The Morgan fingerprint density at radius 3 is 2.83 bits per heavy atom. The molecule has 18 heavy (non-hydrogen) atoms. The monoisotopic (exact) mass is 254 g/mol. The quantitative estimate of drug-likeness (QED) is 0.837. The van der Waals surface area contributed by atoms with Crippen LogP contribution in [0.5, 0.6) is 0 Å². The molecule has 2 N–H and O–H groups in total. The van der Waals surface area contributed by atoms with E-state index < -0.39 is 0 Å². The minimum absolute atomic E-state index is 0.383. The van der Waals surface area contributed by atoms with Gasteiger partial charge < -0.3 is 10.5 Å². The van der Waals surface area contributed by atoms with E-state index >= 15 is 0 Å². The first-order chi connectivity index (χ1) is 8.74. The van der Waals surface area contributed by atoms with E-state index in [1.54, 1.807) is 0 Å². The lowest BCUT2D eigenvalue weighted by Crippen LogP contribution is -2.55. The summed E-state index contributed by atoms with van der Waals surface area (Å²) < 4.78 is 5.54. The van der Waals surface area contributed by atoms with Gasteiger partial charge in [-0.1, -0.05) is 19.8 Å². The van der Waals surface area contributed by atoms with Crippen molar-refractivity contribution in [3.05, 3.63) is 0 Å². The highest BCUT2D eigenvalue weighted by molar-refractivity contribution is 4.91. The Hall–Kier alpha value is -0.120. The van der Waals surface area contributed by atoms with Crippen molar-refractivity contribution in [1.82, 2.24) is 4.90 Å². The molecule has 2 aliphatic rings. The van der Waals surface area contributed by atoms with Gasteiger partial charge in [-0.3, -0.25) is 4.90 Å². The summed E-state index contributed by atoms with van der Waals surface area (Å²) in [4.78, 5) is 2.62. The van der Waals surface area contributed by atoms with Gasteiger partial charge in [0.25, 0.3) is 0 Å². The third-order valence-corrected chi connectivity index (χ3v) is 4.89. The Bertz CT molecular complexity index is 247. The summed E-state index contributed by atoms with van der Waals surface area (Å²) in [5, 5.41) is 0. The molecule has 3 heteroatoms. The van der Waals surface area contributed by atoms with E-state index in [1.165, 1.54) is 51.5 Å². The van der Waals surface area contributed by atoms with E-state index in [-0.39, 0.29) is 0 Å². The average molecular weight is 254 g/mol. The summed E-state index contributed by atoms with van der Waals surface area (Å²) >= 11 is 0. The number of likely N-dealkylation sites (tertiary alicyclic amines) is 1. The molecule has 0 bridgehead atoms. The fraction of sp³-hybridized carbons (Fsp3) is 1.00. The Morgan fingerprint density at radius 1 is 1.28 bits per heavy atom. The lowest BCUT2D eigenvalue weighted by molar-refractivity contribution is -0.00241. The van der Waals surface area contributed by atoms with E-state index in [2.05, 4.69) is 11.8 Å². The number of hydrogen-bond donors (Lipinski definition) is 1. The van der Waals surface area contributed by atoms with Crippen LogP contribution in [0.15, 0.2) is 0 Å². The van der Waals surface area contributed by atoms with Crippen molar-refractivity contribution in [2.75, 3.05) is 20.2 Å². The normalized spacial score (nSPS) is 38.8. The minimum atomic E-state index is 0.383. The lowest BCUT2D eigenvalue weighted by atomic mass is 9.79. The van der Waals surface area contributed by atoms with E-state index in [4.69, 9.17) is 10.5 Å². The van der Waals surface area contributed by atoms with Crippen LogP contribution in [0, 0.1) is 5.92 Å². The van der Waals surface area contributed by atoms with Crippen LogP contribution in [-0.2, 0) is 4.74 Å². The van der Waals surface area contributed by atoms with Gasteiger partial charge in [0.2, 0.25) is 0 Å². The number of hydrogen-bond acceptors (Lipinski definition) is 3. The lowest BCUT2D eigenvalue weighted by Gasteiger charge is -2.44. The van der Waals surface area contributed by atoms with Crippen LogP contribution in [0.2, 0.25) is 0 Å². The minimum Gasteiger partial charge on any atom is -0.380 e. The highest BCUT2D eigenvalue weighted by Crippen LogP contribution is 2.31. The SMILES string of the molecule is CCCC1CCC(N)C(N2CCCC(OC)C2)C1. The number of nitrogens with zero attached hydrogens (tertiary/aromatic N) is 1. The maximum Gasteiger partial charge on any atom is 0.0698 e. The number of piperidine rings is 1. The summed E-state index contributed by atoms with van der Waals surface area (Å²) in [7, 11) is 1.84. The van der Waals surface area contributed by atoms with Crippen LogP contribution < -0.4 is 5.73 Å². The molecule has 0 radical (unpaired) electrons. The third kappa shape index (κ3) is 3.46. The van der Waals surface area contributed by atoms with Gasteiger partial charge in [-0.2, -0.15) is 0 Å². The summed E-state index contributed by atoms with van der Waals surface area (Å²) in [6.07, 6.45) is 9.46. The van der Waals surface area contributed by atoms with Crippen LogP contribution in [0.3, 0.4) is 0 Å². The van der Waals surface area contributed by atoms with E-state index in [0.29, 0.717) is 18.2 Å². The molecule has 0 spiro atoms. The molecule has 0 aromatic carbocycles. The molecule has 2 rings (SSSR count). The Morgan fingerprint density at radius 2 is 2.11 bits per heavy atom. The molecule has 1 aliphatic carbocycles. The molecule has 106 valence electrons. The molecule has 3 nitrogen and oxygen atoms in total. The fourth-order valence-corrected chi connectivity index (χ4v) is 3.80. The first kappa shape index (κ1) is 14.3. The molecule has 0 aromatic rings. The van der Waals surface area contributed by atoms with Gasteiger partial charge >= 0.3 is 0 Å². The number of nitrogens with two attached hydrogens (primary N) is 1. The number of ether oxygens (including phenoxy) is 1. The largest absolute Gasteiger partial charge is 0.380 e. The smallest absolute Gasteiger partial charge is 0.0698 e. The Labute approximate surface area is 112 Å². The van der Waals surface area contributed by atoms with Gasteiger partial charge in [-0.05, 0) is 44.6 Å². The topological polar surface area (TPSA) is 38.5 Å². The molecule has 0 amide bonds. The molecule has 1 aliphatic heterocycles. The summed E-state index contributed by atoms with van der Waals surface area (Å²) in [6, 6.07) is 0.988. The van der Waals surface area contributed by atoms with E-state index in [1.807, 2.05) is 7.11 Å². The van der Waals surface area contributed by atoms with Crippen molar-refractivity contribution in [2.24, 2.45) is 11.7 Å². The van der Waals surface area contributed by atoms with Crippen molar-refractivity contribution in [3.63, 3.8) is 0 Å². The summed E-state index contributed by atoms with van der Waals surface area (Å²) in [6.45, 7) is 4.61. The highest BCUT2D eigenvalue weighted by atomic mass is 16.5. The molecular weight excluding hydrogens is 224 g/mol. The molecule has 2 fully saturated rings. The molecule has 1 saturated heterocycles. The molecule has 0 aromatic heterocycles. The second-order valence-corrected chi connectivity index (χ2v) is 6.19. The zero-order valence-corrected chi connectivity index (χ0v) is 12.1. The van der Waals surface area contributed by atoms with Crippen molar-refractivity contribution in [1.29, 1.82) is 0 Å². The Kier molecular flexibility index (Phi) is 5.46. The van der Waals surface area contributed by atoms with Crippen molar-refractivity contribution >= 4 is 0 Å². The van der Waals surface area contributed by atoms with Gasteiger partial charge in [0.1, 0.15) is 0 Å². The Balaban J connectivity index is 1.92. The molecular formula is C15H30N2O. The van der Waals surface area contributed by atoms with Crippen LogP contribution in [-0.4, -0.2) is 43.3 Å². The van der Waals surface area contributed by atoms with Crippen LogP contribution in [0.4, 0.5) is 0 Å². The average Bonchev–Trinajstić information content (AvgIpc) is 2.41. The second kappa shape index (κ2) is 6.88. The van der Waals surface area contributed by atoms with Crippen LogP contribution in [0.1, 0.15) is 51.9 Å². The van der Waals surface area contributed by atoms with E-state index in [0.717, 1.165) is 12.5 Å². The van der Waals surface area contributed by atoms with Crippen molar-refractivity contribution in [2.45, 2.75) is 70.1 Å². The molecule has 4 atom stereocenters. The zero-order valence-electron chi connectivity index (χ0n) is 12.1. The predicted octanol–water partition coefficient (Wildman–Crippen LogP) is 2.39. The number of rotatable bonds is 4. The third-order valence-electron chi connectivity index (χ3n) is 4.89. The zero-order chi connectivity index (χ0) is 13.0. The number of methoxy groups -OCH3 is 1. The van der Waals surface area contributed by atoms with Gasteiger partial charge in [0.05, 0.1) is 6.10 Å². The van der Waals surface area contributed by atoms with Crippen LogP contribution >= 0.6 is 0 Å². The van der Waals surface area contributed by atoms with Gasteiger partial charge in [0.15, 0.2) is 0 Å². The standard InChI is InChI=1S/C15H30N2O/c1-3-5-12-7-8-14(16)15(10-12)17-9-4-6-13(11-17)18-2/h12-15H,3-11,16H2,1-2H3. The second-order valence-electron chi connectivity index (χ2n) is 6.19. The molecule has 4 unspecified atom stereocenters. The van der Waals surface area contributed by atoms with Gasteiger partial charge in [-0.15, -0.1) is 0 Å². The molecule has 1 heterocycles. The summed E-state index contributed by atoms with van der Waals surface area (Å²) in [5.74, 6) is 0.905. The molecule has 1 saturated carbocycles. The van der Waals surface area contributed by atoms with Crippen molar-refractivity contribution in [3.8, 4) is 0 Å². The highest BCUT2D eigenvalue weighted by Gasteiger charge is 2.34. The van der Waals surface area contributed by atoms with Crippen LogP contribution in [0.25, 0.3) is 0 Å². The van der Waals surface area contributed by atoms with E-state index in [9.17, 15) is 0 Å². The first-order valence-corrected chi connectivity index (χ1v) is 7.77. The predicted molar refractivity (Wildman–Crippen MR) is 75.6 cm³/mol. The van der Waals surface area contributed by atoms with Crippen molar-refractivity contribution < 1.29 is 4.74 Å². The van der Waals surface area contributed by atoms with Gasteiger partial charge in [0, 0.05) is 25.7 Å². The van der Waals surface area contributed by atoms with Gasteiger partial charge in [-0.25, -0.2) is 0 Å². The first-order valence-electron chi connectivity index (χ1n) is 7.77. The summed E-state index contributed by atoms with van der Waals surface area (Å²) in [5.41, 5.74) is 6.37. The maximum atomic E-state index is 6.37.